The Hall–Kier alpha value is -3.43. The molecule has 6 N–H and O–H groups in total. The number of esters is 2. The van der Waals surface area contributed by atoms with Crippen molar-refractivity contribution in [3.8, 4) is 0 Å². The number of unbranched alkanes of at least 4 members (excludes halogenated alkanes) is 1. The van der Waals surface area contributed by atoms with Crippen molar-refractivity contribution in [2.45, 2.75) is 76.3 Å². The summed E-state index contributed by atoms with van der Waals surface area (Å²) in [6.45, 7) is 2.38. The van der Waals surface area contributed by atoms with E-state index in [1.165, 1.54) is 13.8 Å². The van der Waals surface area contributed by atoms with Gasteiger partial charge in [-0.15, -0.1) is 0 Å². The maximum absolute atomic E-state index is 12.8. The van der Waals surface area contributed by atoms with Crippen LogP contribution in [-0.4, -0.2) is 86.7 Å². The summed E-state index contributed by atoms with van der Waals surface area (Å²) in [4.78, 5) is 71.0. The van der Waals surface area contributed by atoms with Crippen molar-refractivity contribution >= 4 is 35.6 Å². The molecule has 0 aliphatic heterocycles. The first-order valence-corrected chi connectivity index (χ1v) is 11.3. The van der Waals surface area contributed by atoms with Crippen LogP contribution in [0.5, 0.6) is 0 Å². The largest absolute Gasteiger partial charge is 0.471 e. The number of carbonyl (C=O) groups excluding carboxylic acids is 6. The molecule has 0 aliphatic rings. The van der Waals surface area contributed by atoms with Crippen LogP contribution in [0.15, 0.2) is 0 Å². The van der Waals surface area contributed by atoms with Crippen LogP contribution in [0.4, 0.5) is 13.2 Å². The van der Waals surface area contributed by atoms with Crippen LogP contribution in [-0.2, 0) is 38.2 Å². The predicted molar refractivity (Wildman–Crippen MR) is 121 cm³/mol. The van der Waals surface area contributed by atoms with Gasteiger partial charge in [-0.1, -0.05) is 0 Å². The normalized spacial score (nSPS) is 14.3. The van der Waals surface area contributed by atoms with E-state index in [-0.39, 0.29) is 38.6 Å². The Morgan fingerprint density at radius 3 is 1.92 bits per heavy atom. The zero-order chi connectivity index (χ0) is 28.8. The van der Waals surface area contributed by atoms with Crippen molar-refractivity contribution in [3.05, 3.63) is 0 Å². The molecule has 4 amide bonds. The molecule has 0 radical (unpaired) electrons. The van der Waals surface area contributed by atoms with E-state index in [1.54, 1.807) is 5.32 Å². The van der Waals surface area contributed by atoms with Gasteiger partial charge in [0.2, 0.25) is 17.7 Å². The van der Waals surface area contributed by atoms with Crippen LogP contribution in [0.25, 0.3) is 0 Å². The van der Waals surface area contributed by atoms with Crippen molar-refractivity contribution in [2.75, 3.05) is 20.8 Å². The number of methoxy groups -OCH3 is 2. The summed E-state index contributed by atoms with van der Waals surface area (Å²) in [7, 11) is 2.26. The number of amides is 4. The standard InChI is InChI=1S/C21H34F3N5O8/c1-11(16(31)28-12(2)18(33)36-3)27-17(32)14(7-5-6-10-26-20(35)21(22,23)24)29-15(30)9-8-13(25)19(34)37-4/h11-14H,5-10,25H2,1-4H3,(H,26,35)(H,27,32)(H,28,31)(H,29,30). The minimum absolute atomic E-state index is 0.0462. The molecule has 0 spiro atoms. The van der Waals surface area contributed by atoms with Gasteiger partial charge in [0.25, 0.3) is 0 Å². The molecule has 13 nitrogen and oxygen atoms in total. The molecule has 0 aliphatic carbocycles. The third-order valence-electron chi connectivity index (χ3n) is 4.97. The van der Waals surface area contributed by atoms with Crippen LogP contribution in [0.1, 0.15) is 46.0 Å². The van der Waals surface area contributed by atoms with Crippen LogP contribution < -0.4 is 27.0 Å². The summed E-state index contributed by atoms with van der Waals surface area (Å²) in [5.74, 6) is -5.68. The van der Waals surface area contributed by atoms with Gasteiger partial charge in [-0.2, -0.15) is 13.2 Å². The van der Waals surface area contributed by atoms with Crippen LogP contribution in [0, 0.1) is 0 Å². The summed E-state index contributed by atoms with van der Waals surface area (Å²) < 4.78 is 45.7. The highest BCUT2D eigenvalue weighted by Crippen LogP contribution is 2.14. The van der Waals surface area contributed by atoms with Crippen molar-refractivity contribution in [1.82, 2.24) is 21.3 Å². The number of rotatable bonds is 15. The van der Waals surface area contributed by atoms with E-state index in [1.807, 2.05) is 0 Å². The van der Waals surface area contributed by atoms with Crippen molar-refractivity contribution in [3.63, 3.8) is 0 Å². The Morgan fingerprint density at radius 1 is 0.811 bits per heavy atom. The second-order valence-electron chi connectivity index (χ2n) is 8.02. The lowest BCUT2D eigenvalue weighted by Gasteiger charge is -2.22. The number of nitrogens with one attached hydrogen (secondary N) is 4. The van der Waals surface area contributed by atoms with E-state index in [0.29, 0.717) is 0 Å². The number of halogens is 3. The van der Waals surface area contributed by atoms with Gasteiger partial charge in [0, 0.05) is 13.0 Å². The number of carbonyl (C=O) groups is 6. The van der Waals surface area contributed by atoms with E-state index in [9.17, 15) is 41.9 Å². The Labute approximate surface area is 211 Å². The molecular weight excluding hydrogens is 507 g/mol. The van der Waals surface area contributed by atoms with E-state index >= 15 is 0 Å². The maximum Gasteiger partial charge on any atom is 0.471 e. The Morgan fingerprint density at radius 2 is 1.38 bits per heavy atom. The lowest BCUT2D eigenvalue weighted by Crippen LogP contribution is -2.54. The minimum atomic E-state index is -5.02. The van der Waals surface area contributed by atoms with Crippen LogP contribution in [0.2, 0.25) is 0 Å². The van der Waals surface area contributed by atoms with Gasteiger partial charge in [0.15, 0.2) is 0 Å². The van der Waals surface area contributed by atoms with Gasteiger partial charge in [-0.3, -0.25) is 24.0 Å². The number of hydrogen-bond acceptors (Lipinski definition) is 9. The molecule has 4 unspecified atom stereocenters. The first kappa shape index (κ1) is 33.6. The van der Waals surface area contributed by atoms with Crippen molar-refractivity contribution in [2.24, 2.45) is 5.73 Å². The Bertz CT molecular complexity index is 824. The molecule has 37 heavy (non-hydrogen) atoms. The van der Waals surface area contributed by atoms with Gasteiger partial charge >= 0.3 is 24.0 Å². The SMILES string of the molecule is COC(=O)C(N)CCC(=O)NC(CCCCNC(=O)C(F)(F)F)C(=O)NC(C)C(=O)NC(C)C(=O)OC. The molecule has 0 saturated heterocycles. The molecule has 212 valence electrons. The maximum atomic E-state index is 12.8. The highest BCUT2D eigenvalue weighted by atomic mass is 19.4. The van der Waals surface area contributed by atoms with E-state index in [0.717, 1.165) is 14.2 Å². The molecule has 0 bridgehead atoms. The van der Waals surface area contributed by atoms with Gasteiger partial charge < -0.3 is 36.5 Å². The summed E-state index contributed by atoms with van der Waals surface area (Å²) in [5.41, 5.74) is 5.58. The third-order valence-corrected chi connectivity index (χ3v) is 4.97. The molecule has 0 fully saturated rings. The molecule has 0 aromatic carbocycles. The topological polar surface area (TPSA) is 195 Å². The molecule has 0 rings (SSSR count). The zero-order valence-electron chi connectivity index (χ0n) is 21.0. The van der Waals surface area contributed by atoms with E-state index < -0.39 is 65.9 Å². The smallest absolute Gasteiger partial charge is 0.468 e. The van der Waals surface area contributed by atoms with Gasteiger partial charge in [-0.05, 0) is 39.5 Å². The van der Waals surface area contributed by atoms with Gasteiger partial charge in [0.05, 0.1) is 14.2 Å². The monoisotopic (exact) mass is 541 g/mol. The summed E-state index contributed by atoms with van der Waals surface area (Å²) in [5, 5.41) is 8.85. The van der Waals surface area contributed by atoms with E-state index in [4.69, 9.17) is 5.73 Å². The zero-order valence-corrected chi connectivity index (χ0v) is 21.0. The third kappa shape index (κ3) is 13.5. The summed E-state index contributed by atoms with van der Waals surface area (Å²) in [6, 6.07) is -4.38. The Balaban J connectivity index is 5.08. The molecular formula is C21H34F3N5O8. The fourth-order valence-corrected chi connectivity index (χ4v) is 2.82. The second kappa shape index (κ2) is 16.3. The summed E-state index contributed by atoms with van der Waals surface area (Å²) in [6.07, 6.45) is -5.21. The highest BCUT2D eigenvalue weighted by molar-refractivity contribution is 5.93. The number of alkyl halides is 3. The molecule has 0 saturated carbocycles. The van der Waals surface area contributed by atoms with Crippen LogP contribution >= 0.6 is 0 Å². The predicted octanol–water partition coefficient (Wildman–Crippen LogP) is -1.22. The molecule has 0 heterocycles. The fourth-order valence-electron chi connectivity index (χ4n) is 2.82. The van der Waals surface area contributed by atoms with Gasteiger partial charge in [0.1, 0.15) is 24.2 Å². The number of nitrogens with two attached hydrogens (primary N) is 1. The lowest BCUT2D eigenvalue weighted by molar-refractivity contribution is -0.173. The first-order valence-electron chi connectivity index (χ1n) is 11.3. The average Bonchev–Trinajstić information content (AvgIpc) is 2.83. The van der Waals surface area contributed by atoms with Crippen molar-refractivity contribution in [1.29, 1.82) is 0 Å². The van der Waals surface area contributed by atoms with E-state index in [2.05, 4.69) is 25.4 Å². The number of ether oxygens (including phenoxy) is 2. The Kier molecular flexibility index (Phi) is 14.8. The second-order valence-corrected chi connectivity index (χ2v) is 8.02. The minimum Gasteiger partial charge on any atom is -0.468 e. The number of hydrogen-bond donors (Lipinski definition) is 5. The molecule has 0 aromatic heterocycles. The van der Waals surface area contributed by atoms with Gasteiger partial charge in [-0.25, -0.2) is 4.79 Å². The fraction of sp³-hybridized carbons (Fsp3) is 0.714. The first-order chi connectivity index (χ1) is 17.1. The van der Waals surface area contributed by atoms with Crippen LogP contribution in [0.3, 0.4) is 0 Å². The molecule has 0 aromatic rings. The molecule has 4 atom stereocenters. The summed E-state index contributed by atoms with van der Waals surface area (Å²) >= 11 is 0. The quantitative estimate of drug-likeness (QED) is 0.125. The van der Waals surface area contributed by atoms with Crippen molar-refractivity contribution < 1.29 is 51.4 Å². The average molecular weight is 542 g/mol. The highest BCUT2D eigenvalue weighted by Gasteiger charge is 2.38. The molecule has 16 heteroatoms. The lowest BCUT2D eigenvalue weighted by atomic mass is 10.1.